The van der Waals surface area contributed by atoms with E-state index in [-0.39, 0.29) is 56.9 Å². The number of hydrogen-bond acceptors (Lipinski definition) is 12. The van der Waals surface area contributed by atoms with Crippen LogP contribution >= 0.6 is 11.3 Å². The number of nitrogens with zero attached hydrogens (tertiary/aromatic N) is 3. The predicted octanol–water partition coefficient (Wildman–Crippen LogP) is 4.25. The van der Waals surface area contributed by atoms with Gasteiger partial charge in [0, 0.05) is 26.1 Å². The maximum atomic E-state index is 13.9. The lowest BCUT2D eigenvalue weighted by molar-refractivity contribution is -0.144. The number of carbonyl (C=O) groups is 4. The van der Waals surface area contributed by atoms with Crippen molar-refractivity contribution in [3.05, 3.63) is 41.0 Å². The number of benzene rings is 1. The molecule has 1 aromatic heterocycles. The topological polar surface area (TPSA) is 178 Å². The van der Waals surface area contributed by atoms with Gasteiger partial charge in [0.2, 0.25) is 17.7 Å². The average molecular weight is 818 g/mol. The Hall–Kier alpha value is -3.67. The molecule has 15 nitrogen and oxygen atoms in total. The van der Waals surface area contributed by atoms with E-state index >= 15 is 0 Å². The molecule has 0 spiro atoms. The van der Waals surface area contributed by atoms with E-state index < -0.39 is 41.0 Å². The fourth-order valence-corrected chi connectivity index (χ4v) is 7.44. The average Bonchev–Trinajstić information content (AvgIpc) is 3.76. The molecule has 2 fully saturated rings. The fourth-order valence-electron chi connectivity index (χ4n) is 6.63. The zero-order valence-electron chi connectivity index (χ0n) is 34.8. The van der Waals surface area contributed by atoms with Crippen LogP contribution in [0, 0.1) is 12.3 Å². The lowest BCUT2D eigenvalue weighted by Crippen LogP contribution is -2.58. The molecule has 0 bridgehead atoms. The van der Waals surface area contributed by atoms with Gasteiger partial charge in [0.05, 0.1) is 74.0 Å². The first kappa shape index (κ1) is 46.0. The van der Waals surface area contributed by atoms with Crippen molar-refractivity contribution in [2.24, 2.45) is 5.41 Å². The molecule has 4 amide bonds. The number of aromatic nitrogens is 1. The minimum atomic E-state index is -0.961. The molecule has 2 aliphatic heterocycles. The second-order valence-corrected chi connectivity index (χ2v) is 17.6. The SMILES string of the molecule is Cc1ncsc1-c1ccc([C@H](C)NC(=O)[C@@H]2C[C@@H](O)CN2C(=O)C(NC(=O)COCCOCCOCCOC2CCN(C(=O)OC(C)(C)C)CC2)C(C)(C)C)cc1. The largest absolute Gasteiger partial charge is 0.444 e. The van der Waals surface area contributed by atoms with Crippen LogP contribution in [0.25, 0.3) is 10.4 Å². The molecule has 318 valence electrons. The zero-order valence-corrected chi connectivity index (χ0v) is 35.7. The van der Waals surface area contributed by atoms with Crippen LogP contribution in [0.3, 0.4) is 0 Å². The van der Waals surface area contributed by atoms with Crippen molar-refractivity contribution in [1.29, 1.82) is 0 Å². The summed E-state index contributed by atoms with van der Waals surface area (Å²) in [5.74, 6) is -1.29. The molecule has 2 aromatic rings. The molecular formula is C41H63N5O10S. The summed E-state index contributed by atoms with van der Waals surface area (Å²) < 4.78 is 28.0. The molecule has 0 aliphatic carbocycles. The summed E-state index contributed by atoms with van der Waals surface area (Å²) in [6, 6.07) is 5.72. The van der Waals surface area contributed by atoms with Gasteiger partial charge in [-0.15, -0.1) is 11.3 Å². The van der Waals surface area contributed by atoms with Crippen LogP contribution in [0.4, 0.5) is 4.79 Å². The first-order valence-electron chi connectivity index (χ1n) is 19.8. The van der Waals surface area contributed by atoms with Crippen LogP contribution < -0.4 is 10.6 Å². The first-order valence-corrected chi connectivity index (χ1v) is 20.7. The van der Waals surface area contributed by atoms with E-state index in [1.54, 1.807) is 16.2 Å². The number of hydrogen-bond donors (Lipinski definition) is 3. The molecule has 4 atom stereocenters. The van der Waals surface area contributed by atoms with Gasteiger partial charge in [-0.2, -0.15) is 0 Å². The van der Waals surface area contributed by atoms with Crippen molar-refractivity contribution in [1.82, 2.24) is 25.4 Å². The molecule has 3 heterocycles. The van der Waals surface area contributed by atoms with Gasteiger partial charge in [-0.3, -0.25) is 14.4 Å². The molecule has 1 unspecified atom stereocenters. The van der Waals surface area contributed by atoms with Gasteiger partial charge in [0.1, 0.15) is 24.3 Å². The molecule has 2 saturated heterocycles. The fraction of sp³-hybridized carbons (Fsp3) is 0.683. The third-order valence-electron chi connectivity index (χ3n) is 9.71. The van der Waals surface area contributed by atoms with E-state index in [4.69, 9.17) is 23.7 Å². The van der Waals surface area contributed by atoms with Crippen molar-refractivity contribution in [3.8, 4) is 10.4 Å². The Labute approximate surface area is 341 Å². The van der Waals surface area contributed by atoms with Gasteiger partial charge in [0.25, 0.3) is 0 Å². The summed E-state index contributed by atoms with van der Waals surface area (Å²) in [6.07, 6.45) is 0.515. The lowest BCUT2D eigenvalue weighted by Gasteiger charge is -2.35. The summed E-state index contributed by atoms with van der Waals surface area (Å²) in [5, 5.41) is 16.4. The Morgan fingerprint density at radius 1 is 0.912 bits per heavy atom. The molecule has 2 aliphatic rings. The third kappa shape index (κ3) is 14.6. The highest BCUT2D eigenvalue weighted by atomic mass is 32.1. The summed E-state index contributed by atoms with van der Waals surface area (Å²) in [7, 11) is 0. The monoisotopic (exact) mass is 817 g/mol. The number of carbonyl (C=O) groups excluding carboxylic acids is 4. The standard InChI is InChI=1S/C41H63N5O10S/c1-27(29-9-11-30(12-10-29)35-28(2)42-26-57-35)43-37(49)33-23-31(47)24-46(33)38(50)36(40(3,4)5)44-34(48)25-54-20-19-52-17-18-53-21-22-55-32-13-15-45(16-14-32)39(51)56-41(6,7)8/h9-12,26-27,31-33,36,47H,13-25H2,1-8H3,(H,43,49)(H,44,48)/t27-,31+,33-,36?/m0/s1. The van der Waals surface area contributed by atoms with E-state index in [2.05, 4.69) is 15.6 Å². The second kappa shape index (κ2) is 21.4. The number of aryl methyl sites for hydroxylation is 1. The summed E-state index contributed by atoms with van der Waals surface area (Å²) in [6.45, 7) is 17.8. The number of β-amino-alcohol motifs (C(OH)–C–C–N with tert-alkyl or cyclic N) is 1. The molecule has 16 heteroatoms. The third-order valence-corrected chi connectivity index (χ3v) is 10.7. The van der Waals surface area contributed by atoms with E-state index in [1.807, 2.05) is 85.2 Å². The number of aliphatic hydroxyl groups is 1. The van der Waals surface area contributed by atoms with Gasteiger partial charge < -0.3 is 49.2 Å². The molecule has 3 N–H and O–H groups in total. The van der Waals surface area contributed by atoms with Crippen LogP contribution in [-0.4, -0.2) is 139 Å². The maximum Gasteiger partial charge on any atom is 0.410 e. The number of nitrogens with one attached hydrogen (secondary N) is 2. The minimum Gasteiger partial charge on any atom is -0.444 e. The lowest BCUT2D eigenvalue weighted by atomic mass is 9.85. The number of likely N-dealkylation sites (tertiary alicyclic amines) is 2. The van der Waals surface area contributed by atoms with Crippen molar-refractivity contribution < 1.29 is 48.0 Å². The molecule has 0 saturated carbocycles. The molecule has 1 aromatic carbocycles. The number of rotatable bonds is 18. The molecule has 4 rings (SSSR count). The van der Waals surface area contributed by atoms with Gasteiger partial charge in [0.15, 0.2) is 0 Å². The van der Waals surface area contributed by atoms with Gasteiger partial charge in [-0.25, -0.2) is 9.78 Å². The van der Waals surface area contributed by atoms with Crippen LogP contribution in [0.5, 0.6) is 0 Å². The van der Waals surface area contributed by atoms with E-state index in [1.165, 1.54) is 4.90 Å². The number of aliphatic hydroxyl groups excluding tert-OH is 1. The van der Waals surface area contributed by atoms with Gasteiger partial charge >= 0.3 is 6.09 Å². The molecular weight excluding hydrogens is 755 g/mol. The van der Waals surface area contributed by atoms with Crippen molar-refractivity contribution in [2.75, 3.05) is 65.9 Å². The quantitative estimate of drug-likeness (QED) is 0.183. The Morgan fingerprint density at radius 3 is 2.11 bits per heavy atom. The predicted molar refractivity (Wildman–Crippen MR) is 216 cm³/mol. The van der Waals surface area contributed by atoms with Crippen LogP contribution in [-0.2, 0) is 38.1 Å². The maximum absolute atomic E-state index is 13.9. The summed E-state index contributed by atoms with van der Waals surface area (Å²) in [4.78, 5) is 61.1. The summed E-state index contributed by atoms with van der Waals surface area (Å²) >= 11 is 1.57. The molecule has 57 heavy (non-hydrogen) atoms. The van der Waals surface area contributed by atoms with E-state index in [9.17, 15) is 24.3 Å². The Morgan fingerprint density at radius 2 is 1.53 bits per heavy atom. The van der Waals surface area contributed by atoms with Crippen molar-refractivity contribution >= 4 is 35.2 Å². The van der Waals surface area contributed by atoms with Crippen LogP contribution in [0.1, 0.15) is 85.0 Å². The highest BCUT2D eigenvalue weighted by Gasteiger charge is 2.44. The van der Waals surface area contributed by atoms with E-state index in [0.29, 0.717) is 39.5 Å². The highest BCUT2D eigenvalue weighted by molar-refractivity contribution is 7.13. The van der Waals surface area contributed by atoms with Gasteiger partial charge in [-0.1, -0.05) is 45.0 Å². The van der Waals surface area contributed by atoms with Crippen molar-refractivity contribution in [3.63, 3.8) is 0 Å². The van der Waals surface area contributed by atoms with Crippen molar-refractivity contribution in [2.45, 2.75) is 111 Å². The summed E-state index contributed by atoms with van der Waals surface area (Å²) in [5.41, 5.74) is 3.52. The van der Waals surface area contributed by atoms with Crippen LogP contribution in [0.15, 0.2) is 29.8 Å². The smallest absolute Gasteiger partial charge is 0.410 e. The second-order valence-electron chi connectivity index (χ2n) is 16.7. The first-order chi connectivity index (χ1) is 26.9. The normalized spacial score (nSPS) is 19.0. The minimum absolute atomic E-state index is 0.0159. The van der Waals surface area contributed by atoms with Crippen LogP contribution in [0.2, 0.25) is 0 Å². The number of ether oxygens (including phenoxy) is 5. The van der Waals surface area contributed by atoms with E-state index in [0.717, 1.165) is 34.5 Å². The Bertz CT molecular complexity index is 1600. The van der Waals surface area contributed by atoms with Gasteiger partial charge in [-0.05, 0) is 64.0 Å². The number of thiazole rings is 1. The number of amides is 4. The zero-order chi connectivity index (χ0) is 41.8. The Kier molecular flexibility index (Phi) is 17.3. The highest BCUT2D eigenvalue weighted by Crippen LogP contribution is 2.29. The Balaban J connectivity index is 1.11. The molecule has 0 radical (unpaired) electrons. The number of piperidine rings is 1.